The van der Waals surface area contributed by atoms with Crippen LogP contribution in [0.15, 0.2) is 23.1 Å². The zero-order valence-electron chi connectivity index (χ0n) is 11.5. The third-order valence-electron chi connectivity index (χ3n) is 2.53. The predicted octanol–water partition coefficient (Wildman–Crippen LogP) is 0.384. The predicted molar refractivity (Wildman–Crippen MR) is 74.8 cm³/mol. The zero-order chi connectivity index (χ0) is 15.5. The van der Waals surface area contributed by atoms with Gasteiger partial charge in [0, 0.05) is 26.2 Å². The average Bonchev–Trinajstić information content (AvgIpc) is 2.36. The van der Waals surface area contributed by atoms with Crippen LogP contribution < -0.4 is 10.5 Å². The summed E-state index contributed by atoms with van der Waals surface area (Å²) in [6, 6.07) is 3.96. The van der Waals surface area contributed by atoms with Gasteiger partial charge in [0.15, 0.2) is 0 Å². The molecule has 0 saturated carbocycles. The first-order chi connectivity index (χ1) is 9.16. The van der Waals surface area contributed by atoms with Gasteiger partial charge in [0.1, 0.15) is 0 Å². The van der Waals surface area contributed by atoms with Crippen LogP contribution in [0.3, 0.4) is 0 Å². The first-order valence-corrected chi connectivity index (χ1v) is 7.39. The summed E-state index contributed by atoms with van der Waals surface area (Å²) in [5, 5.41) is 7.63. The molecule has 0 unspecified atom stereocenters. The molecule has 0 aliphatic rings. The Morgan fingerprint density at radius 3 is 2.35 bits per heavy atom. The first-order valence-electron chi connectivity index (χ1n) is 5.85. The summed E-state index contributed by atoms with van der Waals surface area (Å²) in [5.74, 6) is -0.751. The highest BCUT2D eigenvalue weighted by Gasteiger charge is 2.21. The van der Waals surface area contributed by atoms with Crippen LogP contribution in [0.2, 0.25) is 0 Å². The normalized spacial score (nSPS) is 11.0. The number of nitrogens with zero attached hydrogens (tertiary/aromatic N) is 1. The van der Waals surface area contributed by atoms with E-state index in [9.17, 15) is 18.0 Å². The lowest BCUT2D eigenvalue weighted by atomic mass is 10.2. The Balaban J connectivity index is 3.35. The minimum atomic E-state index is -4.08. The monoisotopic (exact) mass is 299 g/mol. The number of anilines is 1. The van der Waals surface area contributed by atoms with Gasteiger partial charge in [0.05, 0.1) is 10.5 Å². The van der Waals surface area contributed by atoms with Gasteiger partial charge in [-0.2, -0.15) is 0 Å². The van der Waals surface area contributed by atoms with E-state index in [-0.39, 0.29) is 28.5 Å². The molecule has 0 atom stereocenters. The fourth-order valence-electron chi connectivity index (χ4n) is 1.50. The quantitative estimate of drug-likeness (QED) is 0.837. The number of hydrogen-bond donors (Lipinski definition) is 2. The standard InChI is InChI=1S/C12H17N3O4S/c1-4-11(16)14-8-5-6-9(12(17)15(2)3)10(7-8)20(13,18)19/h5-7H,4H2,1-3H3,(H,14,16)(H2,13,18,19). The van der Waals surface area contributed by atoms with Crippen LogP contribution in [0, 0.1) is 0 Å². The van der Waals surface area contributed by atoms with Crippen molar-refractivity contribution in [1.29, 1.82) is 0 Å². The van der Waals surface area contributed by atoms with Crippen LogP contribution in [-0.2, 0) is 14.8 Å². The fraction of sp³-hybridized carbons (Fsp3) is 0.333. The van der Waals surface area contributed by atoms with E-state index in [2.05, 4.69) is 5.32 Å². The Hall–Kier alpha value is -1.93. The molecule has 0 heterocycles. The molecule has 3 N–H and O–H groups in total. The van der Waals surface area contributed by atoms with Gasteiger partial charge in [0.2, 0.25) is 15.9 Å². The fourth-order valence-corrected chi connectivity index (χ4v) is 2.26. The average molecular weight is 299 g/mol. The minimum absolute atomic E-state index is 0.0352. The van der Waals surface area contributed by atoms with Crippen LogP contribution in [0.1, 0.15) is 23.7 Å². The van der Waals surface area contributed by atoms with Crippen LogP contribution >= 0.6 is 0 Å². The Morgan fingerprint density at radius 1 is 1.30 bits per heavy atom. The third-order valence-corrected chi connectivity index (χ3v) is 3.48. The number of carbonyl (C=O) groups is 2. The van der Waals surface area contributed by atoms with E-state index in [0.29, 0.717) is 0 Å². The topological polar surface area (TPSA) is 110 Å². The number of nitrogens with one attached hydrogen (secondary N) is 1. The van der Waals surface area contributed by atoms with Crippen LogP contribution in [0.5, 0.6) is 0 Å². The van der Waals surface area contributed by atoms with Crippen molar-refractivity contribution in [2.45, 2.75) is 18.2 Å². The lowest BCUT2D eigenvalue weighted by molar-refractivity contribution is -0.115. The molecule has 1 aromatic rings. The number of benzene rings is 1. The summed E-state index contributed by atoms with van der Waals surface area (Å²) in [4.78, 5) is 24.2. The van der Waals surface area contributed by atoms with Crippen molar-refractivity contribution in [3.8, 4) is 0 Å². The Morgan fingerprint density at radius 2 is 1.90 bits per heavy atom. The summed E-state index contributed by atoms with van der Waals surface area (Å²) in [6.07, 6.45) is 0.253. The van der Waals surface area contributed by atoms with E-state index in [1.54, 1.807) is 6.92 Å². The molecule has 2 amide bonds. The number of hydrogen-bond acceptors (Lipinski definition) is 4. The number of amides is 2. The molecule has 0 aliphatic carbocycles. The van der Waals surface area contributed by atoms with Gasteiger partial charge in [-0.25, -0.2) is 13.6 Å². The highest BCUT2D eigenvalue weighted by atomic mass is 32.2. The van der Waals surface area contributed by atoms with E-state index < -0.39 is 15.9 Å². The van der Waals surface area contributed by atoms with Crippen molar-refractivity contribution < 1.29 is 18.0 Å². The number of sulfonamides is 1. The summed E-state index contributed by atoms with van der Waals surface area (Å²) in [6.45, 7) is 1.67. The molecule has 20 heavy (non-hydrogen) atoms. The van der Waals surface area contributed by atoms with Gasteiger partial charge >= 0.3 is 0 Å². The SMILES string of the molecule is CCC(=O)Nc1ccc(C(=O)N(C)C)c(S(N)(=O)=O)c1. The number of primary sulfonamides is 1. The molecular weight excluding hydrogens is 282 g/mol. The van der Waals surface area contributed by atoms with Gasteiger partial charge in [-0.3, -0.25) is 9.59 Å². The van der Waals surface area contributed by atoms with Crippen LogP contribution in [-0.4, -0.2) is 39.2 Å². The smallest absolute Gasteiger partial charge is 0.254 e. The van der Waals surface area contributed by atoms with Gasteiger partial charge in [-0.15, -0.1) is 0 Å². The van der Waals surface area contributed by atoms with Crippen molar-refractivity contribution in [2.24, 2.45) is 5.14 Å². The molecule has 0 radical (unpaired) electrons. The number of carbonyl (C=O) groups excluding carboxylic acids is 2. The first kappa shape index (κ1) is 16.1. The second kappa shape index (κ2) is 6.02. The minimum Gasteiger partial charge on any atom is -0.345 e. The maximum absolute atomic E-state index is 11.9. The highest BCUT2D eigenvalue weighted by Crippen LogP contribution is 2.21. The van der Waals surface area contributed by atoms with E-state index >= 15 is 0 Å². The summed E-state index contributed by atoms with van der Waals surface area (Å²) in [5.41, 5.74) is 0.239. The summed E-state index contributed by atoms with van der Waals surface area (Å²) >= 11 is 0. The number of nitrogens with two attached hydrogens (primary N) is 1. The maximum atomic E-state index is 11.9. The second-order valence-electron chi connectivity index (χ2n) is 4.36. The van der Waals surface area contributed by atoms with E-state index in [0.717, 1.165) is 0 Å². The van der Waals surface area contributed by atoms with Crippen molar-refractivity contribution in [2.75, 3.05) is 19.4 Å². The molecule has 0 saturated heterocycles. The van der Waals surface area contributed by atoms with Crippen molar-refractivity contribution in [3.05, 3.63) is 23.8 Å². The van der Waals surface area contributed by atoms with Gasteiger partial charge < -0.3 is 10.2 Å². The summed E-state index contributed by atoms with van der Waals surface area (Å²) in [7, 11) is -1.07. The summed E-state index contributed by atoms with van der Waals surface area (Å²) < 4.78 is 23.2. The molecule has 0 spiro atoms. The van der Waals surface area contributed by atoms with Crippen LogP contribution in [0.25, 0.3) is 0 Å². The largest absolute Gasteiger partial charge is 0.345 e. The Bertz CT molecular complexity index is 638. The second-order valence-corrected chi connectivity index (χ2v) is 5.89. The van der Waals surface area contributed by atoms with Gasteiger partial charge in [0.25, 0.3) is 5.91 Å². The zero-order valence-corrected chi connectivity index (χ0v) is 12.3. The van der Waals surface area contributed by atoms with Gasteiger partial charge in [-0.05, 0) is 18.2 Å². The third kappa shape index (κ3) is 3.78. The van der Waals surface area contributed by atoms with E-state index in [4.69, 9.17) is 5.14 Å². The molecule has 0 bridgehead atoms. The number of rotatable bonds is 4. The molecule has 110 valence electrons. The molecule has 1 rings (SSSR count). The lowest BCUT2D eigenvalue weighted by Crippen LogP contribution is -2.26. The maximum Gasteiger partial charge on any atom is 0.254 e. The van der Waals surface area contributed by atoms with E-state index in [1.165, 1.54) is 37.2 Å². The highest BCUT2D eigenvalue weighted by molar-refractivity contribution is 7.89. The Kier molecular flexibility index (Phi) is 4.85. The van der Waals surface area contributed by atoms with Crippen molar-refractivity contribution >= 4 is 27.5 Å². The lowest BCUT2D eigenvalue weighted by Gasteiger charge is -2.14. The molecule has 8 heteroatoms. The molecule has 0 aliphatic heterocycles. The molecule has 0 aromatic heterocycles. The van der Waals surface area contributed by atoms with E-state index in [1.807, 2.05) is 0 Å². The van der Waals surface area contributed by atoms with Crippen molar-refractivity contribution in [3.63, 3.8) is 0 Å². The van der Waals surface area contributed by atoms with Gasteiger partial charge in [-0.1, -0.05) is 6.92 Å². The molecular formula is C12H17N3O4S. The van der Waals surface area contributed by atoms with Crippen molar-refractivity contribution in [1.82, 2.24) is 4.90 Å². The molecule has 0 fully saturated rings. The Labute approximate surface area is 117 Å². The molecule has 1 aromatic carbocycles. The molecule has 7 nitrogen and oxygen atoms in total. The van der Waals surface area contributed by atoms with Crippen LogP contribution in [0.4, 0.5) is 5.69 Å².